The van der Waals surface area contributed by atoms with E-state index in [0.717, 1.165) is 32.1 Å². The predicted molar refractivity (Wildman–Crippen MR) is 96.7 cm³/mol. The molecule has 0 spiro atoms. The summed E-state index contributed by atoms with van der Waals surface area (Å²) in [5, 5.41) is 3.47. The molecule has 1 aromatic rings. The van der Waals surface area contributed by atoms with Gasteiger partial charge in [0, 0.05) is 38.6 Å². The van der Waals surface area contributed by atoms with E-state index in [9.17, 15) is 0 Å². The van der Waals surface area contributed by atoms with Gasteiger partial charge in [-0.3, -0.25) is 4.99 Å². The van der Waals surface area contributed by atoms with Gasteiger partial charge in [0.05, 0.1) is 12.4 Å². The quantitative estimate of drug-likeness (QED) is 0.476. The fourth-order valence-corrected chi connectivity index (χ4v) is 3.24. The van der Waals surface area contributed by atoms with Crippen LogP contribution in [-0.2, 0) is 0 Å². The average Bonchev–Trinajstić information content (AvgIpc) is 3.08. The van der Waals surface area contributed by atoms with Crippen molar-refractivity contribution in [1.29, 1.82) is 0 Å². The topological polar surface area (TPSA) is 45.5 Å². The van der Waals surface area contributed by atoms with Gasteiger partial charge in [-0.05, 0) is 25.7 Å². The third kappa shape index (κ3) is 5.26. The van der Waals surface area contributed by atoms with Crippen LogP contribution in [0.5, 0.6) is 0 Å². The van der Waals surface area contributed by atoms with Crippen molar-refractivity contribution in [2.45, 2.75) is 58.9 Å². The molecule has 1 saturated heterocycles. The Kier molecular flexibility index (Phi) is 7.43. The standard InChI is InChI=1S/C18H33N5/c1-4-6-7-8-10-21-18(20-5-2)22-12-9-16(3)17(14-22)23-13-11-19-15-23/h11,13,15-17H,4-10,12,14H2,1-3H3,(H,20,21). The fraction of sp³-hybridized carbons (Fsp3) is 0.778. The van der Waals surface area contributed by atoms with Gasteiger partial charge in [0.25, 0.3) is 0 Å². The maximum atomic E-state index is 4.86. The van der Waals surface area contributed by atoms with Crippen molar-refractivity contribution in [3.8, 4) is 0 Å². The molecule has 2 unspecified atom stereocenters. The highest BCUT2D eigenvalue weighted by Gasteiger charge is 2.28. The average molecular weight is 319 g/mol. The number of imidazole rings is 1. The van der Waals surface area contributed by atoms with Crippen LogP contribution >= 0.6 is 0 Å². The number of hydrogen-bond acceptors (Lipinski definition) is 2. The molecular weight excluding hydrogens is 286 g/mol. The van der Waals surface area contributed by atoms with Crippen molar-refractivity contribution >= 4 is 5.96 Å². The largest absolute Gasteiger partial charge is 0.357 e. The van der Waals surface area contributed by atoms with Crippen LogP contribution < -0.4 is 5.32 Å². The number of rotatable bonds is 7. The van der Waals surface area contributed by atoms with Crippen molar-refractivity contribution in [3.05, 3.63) is 18.7 Å². The smallest absolute Gasteiger partial charge is 0.193 e. The summed E-state index contributed by atoms with van der Waals surface area (Å²) in [4.78, 5) is 11.5. The maximum absolute atomic E-state index is 4.86. The zero-order chi connectivity index (χ0) is 16.5. The minimum Gasteiger partial charge on any atom is -0.357 e. The minimum absolute atomic E-state index is 0.482. The second kappa shape index (κ2) is 9.58. The van der Waals surface area contributed by atoms with Gasteiger partial charge in [-0.25, -0.2) is 4.98 Å². The monoisotopic (exact) mass is 319 g/mol. The second-order valence-electron chi connectivity index (χ2n) is 6.59. The van der Waals surface area contributed by atoms with E-state index >= 15 is 0 Å². The number of hydrogen-bond donors (Lipinski definition) is 1. The van der Waals surface area contributed by atoms with E-state index < -0.39 is 0 Å². The van der Waals surface area contributed by atoms with Crippen molar-refractivity contribution in [3.63, 3.8) is 0 Å². The number of likely N-dealkylation sites (tertiary alicyclic amines) is 1. The van der Waals surface area contributed by atoms with Gasteiger partial charge in [0.1, 0.15) is 0 Å². The number of nitrogens with zero attached hydrogens (tertiary/aromatic N) is 4. The molecule has 0 radical (unpaired) electrons. The predicted octanol–water partition coefficient (Wildman–Crippen LogP) is 3.31. The van der Waals surface area contributed by atoms with Gasteiger partial charge in [-0.1, -0.05) is 33.1 Å². The fourth-order valence-electron chi connectivity index (χ4n) is 3.24. The third-order valence-corrected chi connectivity index (χ3v) is 4.73. The highest BCUT2D eigenvalue weighted by molar-refractivity contribution is 5.80. The zero-order valence-electron chi connectivity index (χ0n) is 15.0. The molecule has 5 nitrogen and oxygen atoms in total. The first-order valence-corrected chi connectivity index (χ1v) is 9.27. The molecule has 130 valence electrons. The van der Waals surface area contributed by atoms with Crippen molar-refractivity contribution in [2.75, 3.05) is 26.2 Å². The lowest BCUT2D eigenvalue weighted by molar-refractivity contribution is 0.189. The van der Waals surface area contributed by atoms with Gasteiger partial charge < -0.3 is 14.8 Å². The lowest BCUT2D eigenvalue weighted by Gasteiger charge is -2.39. The molecule has 0 aromatic carbocycles. The number of aromatic nitrogens is 2. The first-order valence-electron chi connectivity index (χ1n) is 9.27. The van der Waals surface area contributed by atoms with Crippen LogP contribution in [0.2, 0.25) is 0 Å². The molecule has 0 aliphatic carbocycles. The van der Waals surface area contributed by atoms with Crippen LogP contribution in [-0.4, -0.2) is 46.6 Å². The first-order chi connectivity index (χ1) is 11.3. The lowest BCUT2D eigenvalue weighted by Crippen LogP contribution is -2.49. The Labute approximate surface area is 141 Å². The minimum atomic E-state index is 0.482. The Hall–Kier alpha value is -1.52. The Morgan fingerprint density at radius 2 is 2.17 bits per heavy atom. The Bertz CT molecular complexity index is 454. The molecular formula is C18H33N5. The number of nitrogens with one attached hydrogen (secondary N) is 1. The molecule has 1 N–H and O–H groups in total. The van der Waals surface area contributed by atoms with E-state index in [-0.39, 0.29) is 0 Å². The van der Waals surface area contributed by atoms with E-state index in [1.54, 1.807) is 0 Å². The van der Waals surface area contributed by atoms with Crippen LogP contribution in [0.3, 0.4) is 0 Å². The molecule has 0 bridgehead atoms. The molecule has 1 aliphatic heterocycles. The Morgan fingerprint density at radius 3 is 2.87 bits per heavy atom. The maximum Gasteiger partial charge on any atom is 0.193 e. The van der Waals surface area contributed by atoms with Gasteiger partial charge in [0.2, 0.25) is 0 Å². The number of aliphatic imine (C=N–C) groups is 1. The summed E-state index contributed by atoms with van der Waals surface area (Å²) in [5.74, 6) is 1.76. The molecule has 1 aromatic heterocycles. The summed E-state index contributed by atoms with van der Waals surface area (Å²) in [6.07, 6.45) is 12.2. The van der Waals surface area contributed by atoms with Crippen LogP contribution in [0.4, 0.5) is 0 Å². The normalized spacial score (nSPS) is 22.4. The lowest BCUT2D eigenvalue weighted by atomic mass is 9.93. The van der Waals surface area contributed by atoms with Crippen molar-refractivity contribution in [1.82, 2.24) is 19.8 Å². The van der Waals surface area contributed by atoms with Crippen molar-refractivity contribution < 1.29 is 0 Å². The van der Waals surface area contributed by atoms with E-state index in [1.807, 2.05) is 12.5 Å². The molecule has 1 fully saturated rings. The SMILES string of the molecule is CCCCCCN=C(NCC)N1CCC(C)C(n2ccnc2)C1. The summed E-state index contributed by atoms with van der Waals surface area (Å²) in [6.45, 7) is 10.7. The van der Waals surface area contributed by atoms with E-state index in [2.05, 4.69) is 46.7 Å². The van der Waals surface area contributed by atoms with Crippen molar-refractivity contribution in [2.24, 2.45) is 10.9 Å². The molecule has 1 aliphatic rings. The molecule has 23 heavy (non-hydrogen) atoms. The number of guanidine groups is 1. The molecule has 2 rings (SSSR count). The molecule has 0 amide bonds. The highest BCUT2D eigenvalue weighted by atomic mass is 15.3. The summed E-state index contributed by atoms with van der Waals surface area (Å²) in [6, 6.07) is 0.482. The van der Waals surface area contributed by atoms with Crippen LogP contribution in [0.15, 0.2) is 23.7 Å². The number of unbranched alkanes of at least 4 members (excludes halogenated alkanes) is 3. The van der Waals surface area contributed by atoms with Crippen LogP contribution in [0.1, 0.15) is 58.9 Å². The first kappa shape index (κ1) is 17.8. The Balaban J connectivity index is 1.96. The van der Waals surface area contributed by atoms with Crippen LogP contribution in [0, 0.1) is 5.92 Å². The Morgan fingerprint density at radius 1 is 1.30 bits per heavy atom. The van der Waals surface area contributed by atoms with Crippen LogP contribution in [0.25, 0.3) is 0 Å². The zero-order valence-corrected chi connectivity index (χ0v) is 15.0. The summed E-state index contributed by atoms with van der Waals surface area (Å²) >= 11 is 0. The third-order valence-electron chi connectivity index (χ3n) is 4.73. The second-order valence-corrected chi connectivity index (χ2v) is 6.59. The summed E-state index contributed by atoms with van der Waals surface area (Å²) in [7, 11) is 0. The van der Waals surface area contributed by atoms with E-state index in [0.29, 0.717) is 12.0 Å². The van der Waals surface area contributed by atoms with E-state index in [4.69, 9.17) is 4.99 Å². The van der Waals surface area contributed by atoms with Gasteiger partial charge in [-0.15, -0.1) is 0 Å². The van der Waals surface area contributed by atoms with Gasteiger partial charge in [-0.2, -0.15) is 0 Å². The summed E-state index contributed by atoms with van der Waals surface area (Å²) < 4.78 is 2.25. The molecule has 2 atom stereocenters. The number of piperidine rings is 1. The highest BCUT2D eigenvalue weighted by Crippen LogP contribution is 2.27. The molecule has 0 saturated carbocycles. The van der Waals surface area contributed by atoms with E-state index in [1.165, 1.54) is 32.1 Å². The van der Waals surface area contributed by atoms with Gasteiger partial charge in [0.15, 0.2) is 5.96 Å². The molecule has 5 heteroatoms. The summed E-state index contributed by atoms with van der Waals surface area (Å²) in [5.41, 5.74) is 0. The molecule has 2 heterocycles. The van der Waals surface area contributed by atoms with Gasteiger partial charge >= 0.3 is 0 Å².